The molecule has 5 N–H and O–H groups in total. The van der Waals surface area contributed by atoms with Gasteiger partial charge in [-0.3, -0.25) is 9.48 Å². The normalized spacial score (nSPS) is 11.8. The van der Waals surface area contributed by atoms with Crippen LogP contribution >= 0.6 is 0 Å². The lowest BCUT2D eigenvalue weighted by Crippen LogP contribution is -2.21. The van der Waals surface area contributed by atoms with Crippen molar-refractivity contribution in [2.24, 2.45) is 5.73 Å². The number of hydrogen-bond donors (Lipinski definition) is 3. The Morgan fingerprint density at radius 2 is 2.23 bits per heavy atom. The summed E-state index contributed by atoms with van der Waals surface area (Å²) in [4.78, 5) is 19.9. The fraction of sp³-hybridized carbons (Fsp3) is 0.176. The summed E-state index contributed by atoms with van der Waals surface area (Å²) < 4.78 is 6.94. The summed E-state index contributed by atoms with van der Waals surface area (Å²) >= 11 is 0. The molecular weight excluding hydrogens is 334 g/mol. The Morgan fingerprint density at radius 1 is 1.38 bits per heavy atom. The van der Waals surface area contributed by atoms with Gasteiger partial charge in [0.1, 0.15) is 23.5 Å². The zero-order valence-electron chi connectivity index (χ0n) is 14.2. The van der Waals surface area contributed by atoms with E-state index in [1.165, 1.54) is 12.5 Å². The summed E-state index contributed by atoms with van der Waals surface area (Å²) in [5, 5.41) is 7.03. The third kappa shape index (κ3) is 3.62. The number of carbonyl (C=O) groups is 1. The smallest absolute Gasteiger partial charge is 0.261 e. The number of carbonyl (C=O) groups excluding carboxylic acids is 1. The fourth-order valence-corrected chi connectivity index (χ4v) is 2.53. The molecule has 26 heavy (non-hydrogen) atoms. The Labute approximate surface area is 150 Å². The van der Waals surface area contributed by atoms with Crippen molar-refractivity contribution in [2.45, 2.75) is 6.04 Å². The van der Waals surface area contributed by atoms with Crippen LogP contribution in [0, 0.1) is 0 Å². The van der Waals surface area contributed by atoms with Crippen molar-refractivity contribution >= 4 is 17.4 Å². The van der Waals surface area contributed by atoms with Crippen LogP contribution in [0.2, 0.25) is 0 Å². The standard InChI is InChI=1S/C17H19N7O2/c1-26-13-4-2-3-11(5-13)15(6-18)24-9-12(7-22-24)23-17(25)14-8-20-10-21-16(14)19/h2-5,7-10,15H,6,18H2,1H3,(H,23,25)(H2,19,20,21). The minimum absolute atomic E-state index is 0.112. The van der Waals surface area contributed by atoms with E-state index in [0.29, 0.717) is 12.2 Å². The van der Waals surface area contributed by atoms with Gasteiger partial charge in [0, 0.05) is 18.9 Å². The van der Waals surface area contributed by atoms with Gasteiger partial charge >= 0.3 is 0 Å². The number of aromatic nitrogens is 4. The van der Waals surface area contributed by atoms with E-state index in [1.807, 2.05) is 24.3 Å². The van der Waals surface area contributed by atoms with Crippen LogP contribution in [0.5, 0.6) is 5.75 Å². The molecule has 2 heterocycles. The average molecular weight is 353 g/mol. The minimum atomic E-state index is -0.409. The predicted octanol–water partition coefficient (Wildman–Crippen LogP) is 1.06. The Balaban J connectivity index is 1.79. The number of amides is 1. The number of nitrogens with zero attached hydrogens (tertiary/aromatic N) is 4. The van der Waals surface area contributed by atoms with Crippen molar-refractivity contribution in [3.05, 3.63) is 60.3 Å². The zero-order valence-corrected chi connectivity index (χ0v) is 14.2. The molecule has 0 spiro atoms. The number of nitrogens with one attached hydrogen (secondary N) is 1. The summed E-state index contributed by atoms with van der Waals surface area (Å²) in [6.07, 6.45) is 5.89. The quantitative estimate of drug-likeness (QED) is 0.603. The van der Waals surface area contributed by atoms with Crippen LogP contribution in [-0.4, -0.2) is 39.3 Å². The number of hydrogen-bond acceptors (Lipinski definition) is 7. The van der Waals surface area contributed by atoms with Crippen LogP contribution in [0.4, 0.5) is 11.5 Å². The molecule has 1 aromatic carbocycles. The van der Waals surface area contributed by atoms with Crippen molar-refractivity contribution < 1.29 is 9.53 Å². The summed E-state index contributed by atoms with van der Waals surface area (Å²) in [5.41, 5.74) is 13.3. The lowest BCUT2D eigenvalue weighted by molar-refractivity contribution is 0.102. The highest BCUT2D eigenvalue weighted by molar-refractivity contribution is 6.06. The number of benzene rings is 1. The average Bonchev–Trinajstić information content (AvgIpc) is 3.11. The molecule has 1 amide bonds. The molecule has 3 rings (SSSR count). The van der Waals surface area contributed by atoms with Gasteiger partial charge in [0.15, 0.2) is 0 Å². The van der Waals surface area contributed by atoms with Gasteiger partial charge in [-0.1, -0.05) is 12.1 Å². The molecule has 0 aliphatic carbocycles. The van der Waals surface area contributed by atoms with Gasteiger partial charge in [-0.05, 0) is 17.7 Å². The molecule has 3 aromatic rings. The minimum Gasteiger partial charge on any atom is -0.497 e. The number of nitrogens with two attached hydrogens (primary N) is 2. The van der Waals surface area contributed by atoms with Crippen LogP contribution in [-0.2, 0) is 0 Å². The molecule has 0 saturated heterocycles. The second-order valence-electron chi connectivity index (χ2n) is 5.51. The zero-order chi connectivity index (χ0) is 18.5. The fourth-order valence-electron chi connectivity index (χ4n) is 2.53. The second kappa shape index (κ2) is 7.62. The first-order valence-corrected chi connectivity index (χ1v) is 7.87. The van der Waals surface area contributed by atoms with Crippen molar-refractivity contribution in [3.8, 4) is 5.75 Å². The summed E-state index contributed by atoms with van der Waals surface area (Å²) in [6.45, 7) is 0.335. The molecule has 0 aliphatic rings. The number of ether oxygens (including phenoxy) is 1. The monoisotopic (exact) mass is 353 g/mol. The van der Waals surface area contributed by atoms with Gasteiger partial charge in [0.05, 0.1) is 25.0 Å². The van der Waals surface area contributed by atoms with E-state index < -0.39 is 5.91 Å². The summed E-state index contributed by atoms with van der Waals surface area (Å²) in [6, 6.07) is 7.40. The van der Waals surface area contributed by atoms with E-state index in [-0.39, 0.29) is 17.4 Å². The highest BCUT2D eigenvalue weighted by Gasteiger charge is 2.16. The number of rotatable bonds is 6. The summed E-state index contributed by atoms with van der Waals surface area (Å²) in [7, 11) is 1.61. The maximum atomic E-state index is 12.3. The van der Waals surface area contributed by atoms with Gasteiger partial charge < -0.3 is 21.5 Å². The van der Waals surface area contributed by atoms with Crippen molar-refractivity contribution in [3.63, 3.8) is 0 Å². The van der Waals surface area contributed by atoms with Gasteiger partial charge in [-0.15, -0.1) is 0 Å². The molecule has 0 aliphatic heterocycles. The molecule has 0 radical (unpaired) electrons. The van der Waals surface area contributed by atoms with Crippen molar-refractivity contribution in [1.82, 2.24) is 19.7 Å². The second-order valence-corrected chi connectivity index (χ2v) is 5.51. The highest BCUT2D eigenvalue weighted by atomic mass is 16.5. The van der Waals surface area contributed by atoms with E-state index in [0.717, 1.165) is 11.3 Å². The Hall–Kier alpha value is -3.46. The largest absolute Gasteiger partial charge is 0.497 e. The van der Waals surface area contributed by atoms with Gasteiger partial charge in [-0.2, -0.15) is 5.10 Å². The number of nitrogen functional groups attached to an aromatic ring is 1. The number of methoxy groups -OCH3 is 1. The van der Waals surface area contributed by atoms with Gasteiger partial charge in [0.2, 0.25) is 0 Å². The molecule has 1 unspecified atom stereocenters. The van der Waals surface area contributed by atoms with Crippen molar-refractivity contribution in [2.75, 3.05) is 24.7 Å². The highest BCUT2D eigenvalue weighted by Crippen LogP contribution is 2.23. The molecule has 0 saturated carbocycles. The lowest BCUT2D eigenvalue weighted by Gasteiger charge is -2.16. The molecule has 1 atom stereocenters. The molecule has 2 aromatic heterocycles. The van der Waals surface area contributed by atoms with Crippen LogP contribution in [0.3, 0.4) is 0 Å². The Kier molecular flexibility index (Phi) is 5.09. The lowest BCUT2D eigenvalue weighted by atomic mass is 10.1. The Bertz CT molecular complexity index is 909. The molecule has 0 bridgehead atoms. The van der Waals surface area contributed by atoms with Gasteiger partial charge in [0.25, 0.3) is 5.91 Å². The van der Waals surface area contributed by atoms with Crippen LogP contribution < -0.4 is 21.5 Å². The van der Waals surface area contributed by atoms with E-state index in [1.54, 1.807) is 24.2 Å². The molecule has 134 valence electrons. The summed E-state index contributed by atoms with van der Waals surface area (Å²) in [5.74, 6) is 0.440. The first kappa shape index (κ1) is 17.4. The van der Waals surface area contributed by atoms with Crippen LogP contribution in [0.15, 0.2) is 49.2 Å². The predicted molar refractivity (Wildman–Crippen MR) is 96.8 cm³/mol. The first-order chi connectivity index (χ1) is 12.6. The third-order valence-electron chi connectivity index (χ3n) is 3.87. The maximum absolute atomic E-state index is 12.3. The SMILES string of the molecule is COc1cccc(C(CN)n2cc(NC(=O)c3cncnc3N)cn2)c1. The Morgan fingerprint density at radius 3 is 2.96 bits per heavy atom. The van der Waals surface area contributed by atoms with Crippen LogP contribution in [0.25, 0.3) is 0 Å². The van der Waals surface area contributed by atoms with E-state index in [2.05, 4.69) is 20.4 Å². The molecule has 9 nitrogen and oxygen atoms in total. The van der Waals surface area contributed by atoms with Gasteiger partial charge in [-0.25, -0.2) is 9.97 Å². The molecular formula is C17H19N7O2. The number of anilines is 2. The van der Waals surface area contributed by atoms with Crippen LogP contribution in [0.1, 0.15) is 22.0 Å². The van der Waals surface area contributed by atoms with Crippen molar-refractivity contribution in [1.29, 1.82) is 0 Å². The molecule has 9 heteroatoms. The van der Waals surface area contributed by atoms with E-state index in [9.17, 15) is 4.79 Å². The van der Waals surface area contributed by atoms with E-state index >= 15 is 0 Å². The topological polar surface area (TPSA) is 134 Å². The maximum Gasteiger partial charge on any atom is 0.261 e. The molecule has 0 fully saturated rings. The third-order valence-corrected chi connectivity index (χ3v) is 3.87. The van der Waals surface area contributed by atoms with E-state index in [4.69, 9.17) is 16.2 Å². The first-order valence-electron chi connectivity index (χ1n) is 7.87.